The Bertz CT molecular complexity index is 1190. The number of carbonyl (C=O) groups excluding carboxylic acids is 1. The molecule has 0 atom stereocenters. The molecule has 36 heavy (non-hydrogen) atoms. The fourth-order valence-electron chi connectivity index (χ4n) is 4.30. The van der Waals surface area contributed by atoms with E-state index in [-0.39, 0.29) is 12.1 Å². The van der Waals surface area contributed by atoms with Crippen LogP contribution in [0.4, 0.5) is 11.4 Å². The van der Waals surface area contributed by atoms with Crippen molar-refractivity contribution < 1.29 is 19.0 Å². The van der Waals surface area contributed by atoms with Crippen LogP contribution in [0.15, 0.2) is 60.9 Å². The van der Waals surface area contributed by atoms with Crippen LogP contribution in [0.25, 0.3) is 0 Å². The normalized spacial score (nSPS) is 13.9. The smallest absolute Gasteiger partial charge is 0.338 e. The summed E-state index contributed by atoms with van der Waals surface area (Å²) in [5, 5.41) is 0.511. The molecule has 1 fully saturated rings. The van der Waals surface area contributed by atoms with E-state index in [2.05, 4.69) is 4.98 Å². The van der Waals surface area contributed by atoms with Crippen LogP contribution in [0.1, 0.15) is 62.4 Å². The molecule has 0 amide bonds. The van der Waals surface area contributed by atoms with Gasteiger partial charge in [0.1, 0.15) is 5.60 Å². The van der Waals surface area contributed by atoms with E-state index >= 15 is 0 Å². The van der Waals surface area contributed by atoms with Crippen molar-refractivity contribution in [2.24, 2.45) is 0 Å². The largest absolute Gasteiger partial charge is 0.493 e. The molecule has 0 unspecified atom stereocenters. The predicted molar refractivity (Wildman–Crippen MR) is 143 cm³/mol. The number of esters is 1. The number of pyridine rings is 1. The first-order chi connectivity index (χ1) is 17.2. The lowest BCUT2D eigenvalue weighted by Crippen LogP contribution is -2.24. The van der Waals surface area contributed by atoms with E-state index in [1.807, 2.05) is 68.3 Å². The molecule has 2 aromatic carbocycles. The molecule has 190 valence electrons. The minimum absolute atomic E-state index is 0.162. The molecule has 0 N–H and O–H groups in total. The Labute approximate surface area is 218 Å². The molecule has 0 spiro atoms. The molecule has 0 aliphatic heterocycles. The Kier molecular flexibility index (Phi) is 8.04. The van der Waals surface area contributed by atoms with Crippen LogP contribution < -0.4 is 14.4 Å². The molecular formula is C29H33ClN2O4. The average molecular weight is 509 g/mol. The van der Waals surface area contributed by atoms with Crippen LogP contribution in [0.5, 0.6) is 11.5 Å². The second kappa shape index (κ2) is 11.2. The summed E-state index contributed by atoms with van der Waals surface area (Å²) in [4.78, 5) is 19.1. The Morgan fingerprint density at radius 3 is 2.53 bits per heavy atom. The summed E-state index contributed by atoms with van der Waals surface area (Å²) in [6.45, 7) is 6.05. The average Bonchev–Trinajstić information content (AvgIpc) is 3.36. The molecule has 6 nitrogen and oxygen atoms in total. The van der Waals surface area contributed by atoms with Crippen LogP contribution in [0.2, 0.25) is 5.02 Å². The first kappa shape index (κ1) is 25.8. The third-order valence-corrected chi connectivity index (χ3v) is 6.28. The zero-order valence-electron chi connectivity index (χ0n) is 21.3. The number of hydrogen-bond donors (Lipinski definition) is 0. The molecule has 1 aliphatic rings. The maximum Gasteiger partial charge on any atom is 0.338 e. The van der Waals surface area contributed by atoms with Crippen LogP contribution in [-0.2, 0) is 11.3 Å². The lowest BCUT2D eigenvalue weighted by atomic mass is 10.1. The van der Waals surface area contributed by atoms with Crippen LogP contribution >= 0.6 is 11.6 Å². The summed E-state index contributed by atoms with van der Waals surface area (Å²) in [5.74, 6) is 0.875. The van der Waals surface area contributed by atoms with Gasteiger partial charge in [-0.3, -0.25) is 4.98 Å². The number of aromatic nitrogens is 1. The summed E-state index contributed by atoms with van der Waals surface area (Å²) >= 11 is 6.81. The second-order valence-electron chi connectivity index (χ2n) is 9.98. The molecule has 4 rings (SSSR count). The van der Waals surface area contributed by atoms with Gasteiger partial charge in [-0.05, 0) is 76.3 Å². The molecule has 0 radical (unpaired) electrons. The van der Waals surface area contributed by atoms with Crippen molar-refractivity contribution in [2.75, 3.05) is 12.0 Å². The lowest BCUT2D eigenvalue weighted by molar-refractivity contribution is 0.00695. The Morgan fingerprint density at radius 1 is 1.08 bits per heavy atom. The van der Waals surface area contributed by atoms with Crippen molar-refractivity contribution in [3.8, 4) is 11.5 Å². The van der Waals surface area contributed by atoms with Gasteiger partial charge < -0.3 is 19.1 Å². The van der Waals surface area contributed by atoms with E-state index in [0.717, 1.165) is 42.6 Å². The highest BCUT2D eigenvalue weighted by molar-refractivity contribution is 6.33. The van der Waals surface area contributed by atoms with Gasteiger partial charge in [-0.25, -0.2) is 4.79 Å². The third kappa shape index (κ3) is 6.49. The van der Waals surface area contributed by atoms with Gasteiger partial charge in [0, 0.05) is 36.8 Å². The van der Waals surface area contributed by atoms with Crippen LogP contribution in [-0.4, -0.2) is 29.8 Å². The fraction of sp³-hybridized carbons (Fsp3) is 0.379. The van der Waals surface area contributed by atoms with Gasteiger partial charge in [-0.15, -0.1) is 0 Å². The quantitative estimate of drug-likeness (QED) is 0.296. The highest BCUT2D eigenvalue weighted by atomic mass is 35.5. The van der Waals surface area contributed by atoms with Crippen LogP contribution in [0.3, 0.4) is 0 Å². The third-order valence-electron chi connectivity index (χ3n) is 5.98. The van der Waals surface area contributed by atoms with Crippen molar-refractivity contribution >= 4 is 28.9 Å². The van der Waals surface area contributed by atoms with Crippen molar-refractivity contribution in [3.63, 3.8) is 0 Å². The summed E-state index contributed by atoms with van der Waals surface area (Å²) in [6, 6.07) is 15.0. The van der Waals surface area contributed by atoms with E-state index in [1.165, 1.54) is 0 Å². The number of methoxy groups -OCH3 is 1. The first-order valence-electron chi connectivity index (χ1n) is 12.3. The first-order valence-corrected chi connectivity index (χ1v) is 12.7. The van der Waals surface area contributed by atoms with Gasteiger partial charge >= 0.3 is 5.97 Å². The van der Waals surface area contributed by atoms with Crippen LogP contribution in [0, 0.1) is 0 Å². The lowest BCUT2D eigenvalue weighted by Gasteiger charge is -2.28. The number of ether oxygens (including phenoxy) is 3. The van der Waals surface area contributed by atoms with E-state index in [1.54, 1.807) is 25.4 Å². The zero-order chi connectivity index (χ0) is 25.7. The molecule has 1 aromatic heterocycles. The van der Waals surface area contributed by atoms with Crippen molar-refractivity contribution in [3.05, 3.63) is 77.1 Å². The summed E-state index contributed by atoms with van der Waals surface area (Å²) < 4.78 is 17.5. The molecule has 0 bridgehead atoms. The van der Waals surface area contributed by atoms with E-state index in [9.17, 15) is 4.79 Å². The summed E-state index contributed by atoms with van der Waals surface area (Å²) in [6.07, 6.45) is 8.10. The molecule has 0 saturated heterocycles. The Morgan fingerprint density at radius 2 is 1.86 bits per heavy atom. The van der Waals surface area contributed by atoms with Gasteiger partial charge in [-0.2, -0.15) is 0 Å². The number of hydrogen-bond acceptors (Lipinski definition) is 6. The number of benzene rings is 2. The number of nitrogens with zero attached hydrogens (tertiary/aromatic N) is 2. The minimum Gasteiger partial charge on any atom is -0.493 e. The number of halogens is 1. The number of rotatable bonds is 8. The minimum atomic E-state index is -0.589. The maximum absolute atomic E-state index is 12.8. The van der Waals surface area contributed by atoms with Gasteiger partial charge in [0.05, 0.1) is 29.5 Å². The molecule has 7 heteroatoms. The molecule has 1 heterocycles. The fourth-order valence-corrected chi connectivity index (χ4v) is 4.55. The number of carbonyl (C=O) groups is 1. The predicted octanol–water partition coefficient (Wildman–Crippen LogP) is 7.36. The highest BCUT2D eigenvalue weighted by Gasteiger charge is 2.24. The summed E-state index contributed by atoms with van der Waals surface area (Å²) in [5.41, 5.74) is 2.40. The SMILES string of the molecule is COc1cc(Cl)c(N(Cc2cccnc2)c2cccc(C(=O)OC(C)(C)C)c2)cc1OC1CCCC1. The molecule has 1 aliphatic carbocycles. The van der Waals surface area contributed by atoms with E-state index in [4.69, 9.17) is 25.8 Å². The van der Waals surface area contributed by atoms with Gasteiger partial charge in [0.15, 0.2) is 11.5 Å². The molecule has 3 aromatic rings. The number of anilines is 2. The Hall–Kier alpha value is -3.25. The monoisotopic (exact) mass is 508 g/mol. The van der Waals surface area contributed by atoms with Gasteiger partial charge in [-0.1, -0.05) is 23.7 Å². The topological polar surface area (TPSA) is 60.9 Å². The summed E-state index contributed by atoms with van der Waals surface area (Å²) in [7, 11) is 1.62. The second-order valence-corrected chi connectivity index (χ2v) is 10.4. The Balaban J connectivity index is 1.76. The van der Waals surface area contributed by atoms with E-state index in [0.29, 0.717) is 28.6 Å². The van der Waals surface area contributed by atoms with Gasteiger partial charge in [0.2, 0.25) is 0 Å². The van der Waals surface area contributed by atoms with Crippen molar-refractivity contribution in [1.29, 1.82) is 0 Å². The molecule has 1 saturated carbocycles. The molecular weight excluding hydrogens is 476 g/mol. The van der Waals surface area contributed by atoms with Crippen molar-refractivity contribution in [2.45, 2.75) is 64.7 Å². The standard InChI is InChI=1S/C29H33ClN2O4/c1-29(2,3)36-28(33)21-10-7-11-22(15-21)32(19-20-9-8-14-31-18-20)25-17-27(26(34-4)16-24(25)30)35-23-12-5-6-13-23/h7-11,14-18,23H,5-6,12-13,19H2,1-4H3. The zero-order valence-corrected chi connectivity index (χ0v) is 22.0. The highest BCUT2D eigenvalue weighted by Crippen LogP contribution is 2.42. The van der Waals surface area contributed by atoms with E-state index < -0.39 is 5.60 Å². The maximum atomic E-state index is 12.8. The van der Waals surface area contributed by atoms with Crippen molar-refractivity contribution in [1.82, 2.24) is 4.98 Å². The van der Waals surface area contributed by atoms with Gasteiger partial charge in [0.25, 0.3) is 0 Å².